The van der Waals surface area contributed by atoms with Crippen LogP contribution in [0.5, 0.6) is 0 Å². The Morgan fingerprint density at radius 3 is 1.45 bits per heavy atom. The van der Waals surface area contributed by atoms with E-state index in [0.717, 1.165) is 11.6 Å². The molecule has 6 aliphatic heterocycles. The zero-order valence-corrected chi connectivity index (χ0v) is 24.9. The first-order chi connectivity index (χ1) is 23.4. The Balaban J connectivity index is 1.20. The highest BCUT2D eigenvalue weighted by Gasteiger charge is 2.67. The third-order valence-corrected chi connectivity index (χ3v) is 11.1. The molecule has 6 aliphatic rings. The van der Waals surface area contributed by atoms with Crippen LogP contribution in [0.3, 0.4) is 0 Å². The molecule has 0 fully saturated rings. The highest BCUT2D eigenvalue weighted by Crippen LogP contribution is 2.59. The van der Waals surface area contributed by atoms with Crippen molar-refractivity contribution in [1.82, 2.24) is 9.97 Å². The second-order valence-electron chi connectivity index (χ2n) is 13.1. The van der Waals surface area contributed by atoms with Crippen molar-refractivity contribution in [1.29, 1.82) is 0 Å². The lowest BCUT2D eigenvalue weighted by Gasteiger charge is -2.56. The number of benzene rings is 6. The number of aromatic nitrogens is 2. The van der Waals surface area contributed by atoms with Crippen molar-refractivity contribution in [3.05, 3.63) is 128 Å². The molecule has 8 nitrogen and oxygen atoms in total. The van der Waals surface area contributed by atoms with Crippen LogP contribution in [-0.4, -0.2) is 31.2 Å². The first kappa shape index (κ1) is 23.3. The summed E-state index contributed by atoms with van der Waals surface area (Å²) in [6.45, 7) is -0.135. The van der Waals surface area contributed by atoms with Crippen LogP contribution in [0.4, 0.5) is 57.1 Å². The highest BCUT2D eigenvalue weighted by molar-refractivity contribution is 7.08. The van der Waals surface area contributed by atoms with Crippen LogP contribution in [0.2, 0.25) is 0 Å². The monoisotopic (exact) mass is 598 g/mol. The molecule has 7 heterocycles. The maximum Gasteiger partial charge on any atom is 0.505 e. The van der Waals surface area contributed by atoms with E-state index in [1.54, 1.807) is 0 Å². The number of anilines is 10. The van der Waals surface area contributed by atoms with Crippen LogP contribution in [0.25, 0.3) is 21.5 Å². The highest BCUT2D eigenvalue weighted by atomic mass is 15.5. The Labute approximate surface area is 271 Å². The maximum atomic E-state index is 5.11. The Hall–Kier alpha value is -6.09. The van der Waals surface area contributed by atoms with Crippen LogP contribution in [-0.2, 0) is 0 Å². The van der Waals surface area contributed by atoms with Gasteiger partial charge in [-0.2, -0.15) is 0 Å². The molecule has 0 spiro atoms. The largest absolute Gasteiger partial charge is 0.505 e. The summed E-state index contributed by atoms with van der Waals surface area (Å²) < 4.78 is 5.16. The molecule has 13 rings (SSSR count). The van der Waals surface area contributed by atoms with Gasteiger partial charge in [-0.1, -0.05) is 66.7 Å². The van der Waals surface area contributed by atoms with E-state index in [1.807, 2.05) is 12.4 Å². The fourth-order valence-electron chi connectivity index (χ4n) is 9.55. The van der Waals surface area contributed by atoms with E-state index in [0.29, 0.717) is 0 Å². The lowest BCUT2D eigenvalue weighted by molar-refractivity contribution is 1.18. The zero-order valence-electron chi connectivity index (χ0n) is 24.9. The molecule has 214 valence electrons. The first-order valence-corrected chi connectivity index (χ1v) is 16.2. The Kier molecular flexibility index (Phi) is 3.79. The second-order valence-corrected chi connectivity index (χ2v) is 13.1. The van der Waals surface area contributed by atoms with Gasteiger partial charge in [0.2, 0.25) is 0 Å². The van der Waals surface area contributed by atoms with Gasteiger partial charge in [-0.05, 0) is 59.3 Å². The summed E-state index contributed by atoms with van der Waals surface area (Å²) in [5.41, 5.74) is 11.0. The number of fused-ring (bicyclic) bond motifs is 14. The SMILES string of the molecule is c1ccc2c(c1)N1B3c4c(cccc4N4B5N3c3nccnc3N5c3cccc5cccc4c35)N3B1N2c1cccc2cccc3c12. The topological polar surface area (TPSA) is 45.2 Å². The van der Waals surface area contributed by atoms with Crippen molar-refractivity contribution in [2.45, 2.75) is 0 Å². The van der Waals surface area contributed by atoms with Crippen molar-refractivity contribution < 1.29 is 0 Å². The maximum absolute atomic E-state index is 5.11. The molecule has 0 aliphatic carbocycles. The van der Waals surface area contributed by atoms with E-state index in [1.165, 1.54) is 72.5 Å². The Morgan fingerprint density at radius 1 is 0.383 bits per heavy atom. The summed E-state index contributed by atoms with van der Waals surface area (Å²) in [7, 11) is -0.270. The van der Waals surface area contributed by atoms with Crippen molar-refractivity contribution in [3.8, 4) is 0 Å². The number of hydrogen-bond acceptors (Lipinski definition) is 8. The molecule has 1 aromatic heterocycles. The van der Waals surface area contributed by atoms with Gasteiger partial charge < -0.3 is 28.7 Å². The third kappa shape index (κ3) is 2.42. The summed E-state index contributed by atoms with van der Waals surface area (Å²) in [5.74, 6) is 1.80. The van der Waals surface area contributed by atoms with E-state index in [2.05, 4.69) is 144 Å². The molecular formula is C36H21B3N8. The van der Waals surface area contributed by atoms with E-state index in [4.69, 9.17) is 9.97 Å². The molecule has 0 unspecified atom stereocenters. The van der Waals surface area contributed by atoms with Crippen LogP contribution < -0.4 is 34.2 Å². The average molecular weight is 598 g/mol. The average Bonchev–Trinajstić information content (AvgIpc) is 3.65. The van der Waals surface area contributed by atoms with Gasteiger partial charge in [0, 0.05) is 68.4 Å². The minimum absolute atomic E-state index is 0.0966. The molecule has 47 heavy (non-hydrogen) atoms. The van der Waals surface area contributed by atoms with Gasteiger partial charge in [0.05, 0.1) is 5.69 Å². The zero-order chi connectivity index (χ0) is 30.1. The number of hydrogen-bond donors (Lipinski definition) is 0. The minimum atomic E-state index is -0.173. The smallest absolute Gasteiger partial charge is 0.397 e. The molecule has 11 heteroatoms. The summed E-state index contributed by atoms with van der Waals surface area (Å²) in [4.78, 5) is 20.2. The summed E-state index contributed by atoms with van der Waals surface area (Å²) in [5, 5.41) is 4.99. The van der Waals surface area contributed by atoms with Crippen molar-refractivity contribution in [2.75, 3.05) is 28.7 Å². The summed E-state index contributed by atoms with van der Waals surface area (Å²) in [6.07, 6.45) is 3.67. The van der Waals surface area contributed by atoms with Gasteiger partial charge in [-0.25, -0.2) is 9.97 Å². The molecule has 0 N–H and O–H groups in total. The minimum Gasteiger partial charge on any atom is -0.397 e. The Morgan fingerprint density at radius 2 is 0.830 bits per heavy atom. The first-order valence-electron chi connectivity index (χ1n) is 16.2. The van der Waals surface area contributed by atoms with Gasteiger partial charge in [0.1, 0.15) is 0 Å². The normalized spacial score (nSPS) is 16.6. The number of nitrogens with zero attached hydrogens (tertiary/aromatic N) is 8. The molecule has 0 bridgehead atoms. The van der Waals surface area contributed by atoms with Crippen LogP contribution >= 0.6 is 0 Å². The lowest BCUT2D eigenvalue weighted by atomic mass is 9.47. The van der Waals surface area contributed by atoms with Crippen LogP contribution in [0.15, 0.2) is 128 Å². The van der Waals surface area contributed by atoms with Gasteiger partial charge in [0.15, 0.2) is 11.6 Å². The van der Waals surface area contributed by atoms with E-state index < -0.39 is 0 Å². The van der Waals surface area contributed by atoms with Crippen molar-refractivity contribution in [3.63, 3.8) is 0 Å². The van der Waals surface area contributed by atoms with Gasteiger partial charge in [-0.3, -0.25) is 0 Å². The second kappa shape index (κ2) is 7.65. The summed E-state index contributed by atoms with van der Waals surface area (Å²) in [6, 6.07) is 42.5. The standard InChI is InChI=1S/C36H21B3N8/c1-2-13-25-24(12-1)42-26-14-3-8-22-9-4-15-27(32(22)26)43-30-18-7-19-31-34(30)37(46(25)38(42)43)47-36-35(40-20-21-41-36)45-29-17-6-11-23-10-5-16-28(33(23)29)44(31)39(45)47/h1-21H. The van der Waals surface area contributed by atoms with E-state index in [-0.39, 0.29) is 21.2 Å². The quantitative estimate of drug-likeness (QED) is 0.179. The molecule has 0 amide bonds. The molecule has 7 aromatic rings. The predicted molar refractivity (Wildman–Crippen MR) is 193 cm³/mol. The Bertz CT molecular complexity index is 2410. The van der Waals surface area contributed by atoms with Gasteiger partial charge in [-0.15, -0.1) is 0 Å². The predicted octanol–water partition coefficient (Wildman–Crippen LogP) is 6.69. The fourth-order valence-corrected chi connectivity index (χ4v) is 9.55. The van der Waals surface area contributed by atoms with Crippen molar-refractivity contribution >= 4 is 105 Å². The van der Waals surface area contributed by atoms with Gasteiger partial charge in [0.25, 0.3) is 0 Å². The van der Waals surface area contributed by atoms with Crippen molar-refractivity contribution in [2.24, 2.45) is 0 Å². The number of rotatable bonds is 0. The number of para-hydroxylation sites is 2. The molecule has 0 atom stereocenters. The van der Waals surface area contributed by atoms with Crippen LogP contribution in [0.1, 0.15) is 0 Å². The molecule has 0 saturated heterocycles. The third-order valence-electron chi connectivity index (χ3n) is 11.1. The van der Waals surface area contributed by atoms with E-state index in [9.17, 15) is 0 Å². The molecule has 0 radical (unpaired) electrons. The molecule has 6 aromatic carbocycles. The van der Waals surface area contributed by atoms with Gasteiger partial charge >= 0.3 is 21.2 Å². The van der Waals surface area contributed by atoms with E-state index >= 15 is 0 Å². The molecular weight excluding hydrogens is 577 g/mol. The lowest BCUT2D eigenvalue weighted by Crippen LogP contribution is -2.81. The molecule has 0 saturated carbocycles. The summed E-state index contributed by atoms with van der Waals surface area (Å²) >= 11 is 0. The van der Waals surface area contributed by atoms with Crippen LogP contribution in [0, 0.1) is 0 Å². The fraction of sp³-hybridized carbons (Fsp3) is 0.